The van der Waals surface area contributed by atoms with Crippen molar-refractivity contribution in [2.75, 3.05) is 6.61 Å². The van der Waals surface area contributed by atoms with E-state index in [1.165, 1.54) is 16.7 Å². The second-order valence-corrected chi connectivity index (χ2v) is 7.86. The summed E-state index contributed by atoms with van der Waals surface area (Å²) in [6.45, 7) is 2.06. The average Bonchev–Trinajstić information content (AvgIpc) is 2.76. The fourth-order valence-corrected chi connectivity index (χ4v) is 3.97. The largest absolute Gasteiger partial charge is 0.394 e. The zero-order valence-corrected chi connectivity index (χ0v) is 16.7. The lowest BCUT2D eigenvalue weighted by molar-refractivity contribution is -0.113. The van der Waals surface area contributed by atoms with Gasteiger partial charge in [-0.1, -0.05) is 48.5 Å². The molecule has 1 aliphatic rings. The molecule has 0 aliphatic carbocycles. The van der Waals surface area contributed by atoms with Crippen LogP contribution >= 0.6 is 0 Å². The third-order valence-corrected chi connectivity index (χ3v) is 5.67. The van der Waals surface area contributed by atoms with Crippen LogP contribution in [0.25, 0.3) is 11.1 Å². The van der Waals surface area contributed by atoms with Crippen LogP contribution in [0.5, 0.6) is 0 Å². The van der Waals surface area contributed by atoms with Crippen LogP contribution in [0.15, 0.2) is 67.0 Å². The van der Waals surface area contributed by atoms with Crippen molar-refractivity contribution in [2.24, 2.45) is 0 Å². The van der Waals surface area contributed by atoms with E-state index in [-0.39, 0.29) is 18.8 Å². The van der Waals surface area contributed by atoms with Gasteiger partial charge in [-0.3, -0.25) is 4.98 Å². The minimum atomic E-state index is -0.435. The van der Waals surface area contributed by atoms with Gasteiger partial charge in [0.05, 0.1) is 24.9 Å². The number of nitrogens with zero attached hydrogens (tertiary/aromatic N) is 1. The number of aryl methyl sites for hydroxylation is 1. The molecule has 2 heterocycles. The molecule has 0 amide bonds. The molecular weight excluding hydrogens is 362 g/mol. The molecule has 150 valence electrons. The summed E-state index contributed by atoms with van der Waals surface area (Å²) >= 11 is 0. The van der Waals surface area contributed by atoms with Crippen molar-refractivity contribution in [3.05, 3.63) is 89.2 Å². The molecule has 0 radical (unpaired) electrons. The van der Waals surface area contributed by atoms with Crippen molar-refractivity contribution in [2.45, 2.75) is 44.5 Å². The Morgan fingerprint density at radius 2 is 1.86 bits per heavy atom. The van der Waals surface area contributed by atoms with Crippen LogP contribution in [0.4, 0.5) is 0 Å². The van der Waals surface area contributed by atoms with E-state index in [9.17, 15) is 10.2 Å². The second kappa shape index (κ2) is 8.87. The Bertz CT molecular complexity index is 940. The molecule has 4 nitrogen and oxygen atoms in total. The number of aromatic nitrogens is 1. The molecule has 0 unspecified atom stereocenters. The van der Waals surface area contributed by atoms with Gasteiger partial charge in [0.25, 0.3) is 0 Å². The summed E-state index contributed by atoms with van der Waals surface area (Å²) in [4.78, 5) is 4.19. The maximum atomic E-state index is 10.1. The standard InChI is InChI=1S/C25H27NO3/c1-17-4-7-20(25-14-23(28)13-24(16-27)29-25)12-22(17)11-18-5-8-19(9-6-18)21-3-2-10-26-15-21/h2-10,12,15,23-25,27-28H,11,13-14,16H2,1H3/t23-,24-,25+/m0/s1. The maximum Gasteiger partial charge on any atom is 0.0854 e. The zero-order chi connectivity index (χ0) is 20.2. The lowest BCUT2D eigenvalue weighted by Gasteiger charge is -2.32. The van der Waals surface area contributed by atoms with E-state index >= 15 is 0 Å². The van der Waals surface area contributed by atoms with E-state index in [4.69, 9.17) is 4.74 Å². The molecule has 1 aliphatic heterocycles. The molecule has 0 bridgehead atoms. The Labute approximate surface area is 171 Å². The Morgan fingerprint density at radius 1 is 1.03 bits per heavy atom. The third-order valence-electron chi connectivity index (χ3n) is 5.67. The zero-order valence-electron chi connectivity index (χ0n) is 16.7. The third kappa shape index (κ3) is 4.73. The van der Waals surface area contributed by atoms with Gasteiger partial charge in [0.15, 0.2) is 0 Å². The Morgan fingerprint density at radius 3 is 2.59 bits per heavy atom. The van der Waals surface area contributed by atoms with Gasteiger partial charge in [-0.2, -0.15) is 0 Å². The monoisotopic (exact) mass is 389 g/mol. The van der Waals surface area contributed by atoms with E-state index in [0.717, 1.165) is 23.1 Å². The van der Waals surface area contributed by atoms with Crippen LogP contribution in [0, 0.1) is 6.92 Å². The summed E-state index contributed by atoms with van der Waals surface area (Å²) in [6, 6.07) is 19.0. The van der Waals surface area contributed by atoms with Crippen molar-refractivity contribution in [3.8, 4) is 11.1 Å². The number of aliphatic hydroxyl groups is 2. The molecule has 4 heteroatoms. The first kappa shape index (κ1) is 19.8. The number of hydrogen-bond acceptors (Lipinski definition) is 4. The molecule has 29 heavy (non-hydrogen) atoms. The predicted molar refractivity (Wildman–Crippen MR) is 114 cm³/mol. The molecule has 0 saturated carbocycles. The topological polar surface area (TPSA) is 62.6 Å². The Hall–Kier alpha value is -2.53. The van der Waals surface area contributed by atoms with Gasteiger partial charge in [-0.05, 0) is 52.8 Å². The highest BCUT2D eigenvalue weighted by atomic mass is 16.5. The summed E-state index contributed by atoms with van der Waals surface area (Å²) in [5.41, 5.74) is 7.07. The van der Waals surface area contributed by atoms with E-state index in [0.29, 0.717) is 12.8 Å². The molecular formula is C25H27NO3. The highest BCUT2D eigenvalue weighted by molar-refractivity contribution is 5.62. The first-order chi connectivity index (χ1) is 14.1. The van der Waals surface area contributed by atoms with E-state index in [2.05, 4.69) is 60.4 Å². The summed E-state index contributed by atoms with van der Waals surface area (Å²) in [5, 5.41) is 19.6. The lowest BCUT2D eigenvalue weighted by atomic mass is 9.92. The van der Waals surface area contributed by atoms with Crippen molar-refractivity contribution < 1.29 is 14.9 Å². The smallest absolute Gasteiger partial charge is 0.0854 e. The molecule has 1 fully saturated rings. The van der Waals surface area contributed by atoms with Crippen molar-refractivity contribution in [1.82, 2.24) is 4.98 Å². The number of aliphatic hydroxyl groups excluding tert-OH is 2. The Balaban J connectivity index is 1.52. The lowest BCUT2D eigenvalue weighted by Crippen LogP contribution is -2.33. The Kier molecular flexibility index (Phi) is 6.05. The second-order valence-electron chi connectivity index (χ2n) is 7.86. The van der Waals surface area contributed by atoms with Crippen LogP contribution < -0.4 is 0 Å². The predicted octanol–water partition coefficient (Wildman–Crippen LogP) is 4.22. The van der Waals surface area contributed by atoms with Crippen LogP contribution in [-0.2, 0) is 11.2 Å². The van der Waals surface area contributed by atoms with Crippen molar-refractivity contribution >= 4 is 0 Å². The fourth-order valence-electron chi connectivity index (χ4n) is 3.97. The molecule has 3 atom stereocenters. The van der Waals surface area contributed by atoms with Crippen LogP contribution in [0.2, 0.25) is 0 Å². The number of benzene rings is 2. The molecule has 2 N–H and O–H groups in total. The van der Waals surface area contributed by atoms with Crippen LogP contribution in [-0.4, -0.2) is 34.0 Å². The van der Waals surface area contributed by atoms with Gasteiger partial charge in [0, 0.05) is 25.2 Å². The van der Waals surface area contributed by atoms with E-state index < -0.39 is 6.10 Å². The number of pyridine rings is 1. The van der Waals surface area contributed by atoms with Crippen molar-refractivity contribution in [1.29, 1.82) is 0 Å². The summed E-state index contributed by atoms with van der Waals surface area (Å²) in [6.07, 6.45) is 4.65. The number of rotatable bonds is 5. The number of hydrogen-bond donors (Lipinski definition) is 2. The first-order valence-electron chi connectivity index (χ1n) is 10.2. The highest BCUT2D eigenvalue weighted by Gasteiger charge is 2.29. The van der Waals surface area contributed by atoms with Gasteiger partial charge < -0.3 is 14.9 Å². The van der Waals surface area contributed by atoms with Gasteiger partial charge >= 0.3 is 0 Å². The molecule has 4 rings (SSSR count). The fraction of sp³-hybridized carbons (Fsp3) is 0.320. The van der Waals surface area contributed by atoms with Crippen LogP contribution in [0.3, 0.4) is 0 Å². The SMILES string of the molecule is Cc1ccc([C@H]2C[C@@H](O)C[C@@H](CO)O2)cc1Cc1ccc(-c2cccnc2)cc1. The van der Waals surface area contributed by atoms with Gasteiger partial charge in [0.2, 0.25) is 0 Å². The minimum Gasteiger partial charge on any atom is -0.394 e. The molecule has 1 saturated heterocycles. The molecule has 2 aromatic carbocycles. The summed E-state index contributed by atoms with van der Waals surface area (Å²) < 4.78 is 5.99. The summed E-state index contributed by atoms with van der Waals surface area (Å²) in [7, 11) is 0. The van der Waals surface area contributed by atoms with E-state index in [1.54, 1.807) is 6.20 Å². The van der Waals surface area contributed by atoms with E-state index in [1.807, 2.05) is 12.3 Å². The van der Waals surface area contributed by atoms with Crippen molar-refractivity contribution in [3.63, 3.8) is 0 Å². The van der Waals surface area contributed by atoms with Gasteiger partial charge in [0.1, 0.15) is 0 Å². The first-order valence-corrected chi connectivity index (χ1v) is 10.2. The summed E-state index contributed by atoms with van der Waals surface area (Å²) in [5.74, 6) is 0. The van der Waals surface area contributed by atoms with Gasteiger partial charge in [-0.15, -0.1) is 0 Å². The highest BCUT2D eigenvalue weighted by Crippen LogP contribution is 2.33. The molecule has 0 spiro atoms. The maximum absolute atomic E-state index is 10.1. The average molecular weight is 389 g/mol. The molecule has 3 aromatic rings. The van der Waals surface area contributed by atoms with Gasteiger partial charge in [-0.25, -0.2) is 0 Å². The quantitative estimate of drug-likeness (QED) is 0.686. The molecule has 1 aromatic heterocycles. The normalized spacial score (nSPS) is 21.8. The number of ether oxygens (including phenoxy) is 1. The minimum absolute atomic E-state index is 0.0600. The van der Waals surface area contributed by atoms with Crippen LogP contribution in [0.1, 0.15) is 41.2 Å².